The molecule has 1 aromatic rings. The third-order valence-corrected chi connectivity index (χ3v) is 2.15. The van der Waals surface area contributed by atoms with Gasteiger partial charge in [-0.05, 0) is 37.6 Å². The van der Waals surface area contributed by atoms with E-state index in [1.54, 1.807) is 24.3 Å². The predicted octanol–water partition coefficient (Wildman–Crippen LogP) is 2.92. The van der Waals surface area contributed by atoms with Crippen molar-refractivity contribution < 1.29 is 9.47 Å². The van der Waals surface area contributed by atoms with Crippen LogP contribution in [0.25, 0.3) is 0 Å². The highest BCUT2D eigenvalue weighted by atomic mass is 16.5. The molecular weight excluding hydrogens is 214 g/mol. The first-order valence-corrected chi connectivity index (χ1v) is 5.57. The van der Waals surface area contributed by atoms with Crippen LogP contribution < -0.4 is 4.74 Å². The Labute approximate surface area is 102 Å². The van der Waals surface area contributed by atoms with E-state index < -0.39 is 0 Å². The molecule has 0 saturated heterocycles. The molecule has 3 heteroatoms. The van der Waals surface area contributed by atoms with Gasteiger partial charge in [0.15, 0.2) is 0 Å². The number of benzene rings is 1. The number of ether oxygens (including phenoxy) is 2. The Hall–Kier alpha value is -1.79. The van der Waals surface area contributed by atoms with Crippen LogP contribution in [0.4, 0.5) is 0 Å². The molecule has 0 unspecified atom stereocenters. The molecule has 0 fully saturated rings. The van der Waals surface area contributed by atoms with Crippen molar-refractivity contribution in [1.82, 2.24) is 0 Å². The fourth-order valence-corrected chi connectivity index (χ4v) is 1.19. The lowest BCUT2D eigenvalue weighted by Crippen LogP contribution is -2.07. The molecule has 0 aliphatic carbocycles. The van der Waals surface area contributed by atoms with E-state index in [4.69, 9.17) is 14.7 Å². The summed E-state index contributed by atoms with van der Waals surface area (Å²) < 4.78 is 10.8. The molecule has 0 aliphatic heterocycles. The van der Waals surface area contributed by atoms with E-state index in [0.717, 1.165) is 17.7 Å². The van der Waals surface area contributed by atoms with E-state index in [9.17, 15) is 0 Å². The van der Waals surface area contributed by atoms with Crippen LogP contribution in [0, 0.1) is 11.3 Å². The fraction of sp³-hybridized carbons (Fsp3) is 0.357. The zero-order chi connectivity index (χ0) is 12.5. The van der Waals surface area contributed by atoms with Gasteiger partial charge in [-0.3, -0.25) is 0 Å². The van der Waals surface area contributed by atoms with E-state index in [1.807, 2.05) is 6.92 Å². The Morgan fingerprint density at radius 2 is 1.94 bits per heavy atom. The van der Waals surface area contributed by atoms with E-state index >= 15 is 0 Å². The van der Waals surface area contributed by atoms with Gasteiger partial charge in [0.2, 0.25) is 0 Å². The zero-order valence-corrected chi connectivity index (χ0v) is 10.1. The Morgan fingerprint density at radius 1 is 1.24 bits per heavy atom. The van der Waals surface area contributed by atoms with Gasteiger partial charge in [0.1, 0.15) is 12.4 Å². The Morgan fingerprint density at radius 3 is 2.53 bits per heavy atom. The van der Waals surface area contributed by atoms with Crippen LogP contribution >= 0.6 is 0 Å². The molecule has 0 amide bonds. The maximum absolute atomic E-state index is 8.63. The third kappa shape index (κ3) is 5.74. The molecule has 3 nitrogen and oxygen atoms in total. The first-order chi connectivity index (χ1) is 8.22. The van der Waals surface area contributed by atoms with Crippen molar-refractivity contribution >= 4 is 0 Å². The van der Waals surface area contributed by atoms with Crippen molar-refractivity contribution in [2.24, 2.45) is 0 Å². The first kappa shape index (κ1) is 13.3. The summed E-state index contributed by atoms with van der Waals surface area (Å²) in [6.45, 7) is 7.55. The summed E-state index contributed by atoms with van der Waals surface area (Å²) in [7, 11) is 0. The van der Waals surface area contributed by atoms with Crippen molar-refractivity contribution in [3.05, 3.63) is 42.0 Å². The van der Waals surface area contributed by atoms with Gasteiger partial charge < -0.3 is 9.47 Å². The van der Waals surface area contributed by atoms with Gasteiger partial charge in [-0.1, -0.05) is 5.57 Å². The van der Waals surface area contributed by atoms with E-state index in [2.05, 4.69) is 12.6 Å². The highest BCUT2D eigenvalue weighted by Crippen LogP contribution is 2.11. The summed E-state index contributed by atoms with van der Waals surface area (Å²) in [6.07, 6.45) is 0.886. The second-order valence-electron chi connectivity index (χ2n) is 3.80. The standard InChI is InChI=1S/C14H17NO2/c1-12(2)7-8-16-9-10-17-14-5-3-13(11-15)4-6-14/h3-6H,1,7-10H2,2H3. The van der Waals surface area contributed by atoms with E-state index in [0.29, 0.717) is 25.4 Å². The molecule has 0 atom stereocenters. The van der Waals surface area contributed by atoms with Crippen LogP contribution in [-0.4, -0.2) is 19.8 Å². The number of nitriles is 1. The molecule has 0 aliphatic rings. The largest absolute Gasteiger partial charge is 0.491 e. The van der Waals surface area contributed by atoms with Crippen LogP contribution in [-0.2, 0) is 4.74 Å². The highest BCUT2D eigenvalue weighted by Gasteiger charge is 1.95. The van der Waals surface area contributed by atoms with E-state index in [-0.39, 0.29) is 0 Å². The number of hydrogen-bond acceptors (Lipinski definition) is 3. The zero-order valence-electron chi connectivity index (χ0n) is 10.1. The van der Waals surface area contributed by atoms with Gasteiger partial charge in [-0.2, -0.15) is 5.26 Å². The van der Waals surface area contributed by atoms with Gasteiger partial charge in [0, 0.05) is 0 Å². The minimum atomic E-state index is 0.516. The summed E-state index contributed by atoms with van der Waals surface area (Å²) in [5.74, 6) is 0.757. The minimum absolute atomic E-state index is 0.516. The maximum Gasteiger partial charge on any atom is 0.119 e. The van der Waals surface area contributed by atoms with Crippen molar-refractivity contribution in [3.8, 4) is 11.8 Å². The lowest BCUT2D eigenvalue weighted by molar-refractivity contribution is 0.102. The van der Waals surface area contributed by atoms with Crippen LogP contribution in [0.2, 0.25) is 0 Å². The Bertz CT molecular complexity index is 390. The van der Waals surface area contributed by atoms with Gasteiger partial charge in [-0.25, -0.2) is 0 Å². The van der Waals surface area contributed by atoms with Crippen molar-refractivity contribution in [2.75, 3.05) is 19.8 Å². The van der Waals surface area contributed by atoms with Gasteiger partial charge in [0.05, 0.1) is 24.8 Å². The summed E-state index contributed by atoms with van der Waals surface area (Å²) in [5.41, 5.74) is 1.76. The molecule has 1 rings (SSSR count). The molecule has 0 spiro atoms. The van der Waals surface area contributed by atoms with Crippen LogP contribution in [0.3, 0.4) is 0 Å². The molecule has 0 bridgehead atoms. The van der Waals surface area contributed by atoms with Crippen molar-refractivity contribution in [1.29, 1.82) is 5.26 Å². The summed E-state index contributed by atoms with van der Waals surface area (Å²) in [5, 5.41) is 8.63. The normalized spacial score (nSPS) is 9.65. The van der Waals surface area contributed by atoms with Crippen molar-refractivity contribution in [3.63, 3.8) is 0 Å². The molecule has 1 aromatic carbocycles. The highest BCUT2D eigenvalue weighted by molar-refractivity contribution is 5.34. The van der Waals surface area contributed by atoms with Crippen LogP contribution in [0.15, 0.2) is 36.4 Å². The molecule has 0 heterocycles. The SMILES string of the molecule is C=C(C)CCOCCOc1ccc(C#N)cc1. The Kier molecular flexibility index (Phi) is 5.84. The molecule has 0 saturated carbocycles. The maximum atomic E-state index is 8.63. The first-order valence-electron chi connectivity index (χ1n) is 5.57. The number of rotatable bonds is 7. The van der Waals surface area contributed by atoms with Gasteiger partial charge in [0.25, 0.3) is 0 Å². The van der Waals surface area contributed by atoms with Gasteiger partial charge in [-0.15, -0.1) is 6.58 Å². The molecular formula is C14H17NO2. The molecule has 0 aromatic heterocycles. The molecule has 90 valence electrons. The molecule has 17 heavy (non-hydrogen) atoms. The topological polar surface area (TPSA) is 42.2 Å². The smallest absolute Gasteiger partial charge is 0.119 e. The van der Waals surface area contributed by atoms with Crippen LogP contribution in [0.5, 0.6) is 5.75 Å². The summed E-state index contributed by atoms with van der Waals surface area (Å²) in [4.78, 5) is 0. The molecule has 0 N–H and O–H groups in total. The second-order valence-corrected chi connectivity index (χ2v) is 3.80. The van der Waals surface area contributed by atoms with E-state index in [1.165, 1.54) is 0 Å². The number of hydrogen-bond donors (Lipinski definition) is 0. The summed E-state index contributed by atoms with van der Waals surface area (Å²) in [6, 6.07) is 9.10. The quantitative estimate of drug-likeness (QED) is 0.535. The predicted molar refractivity (Wildman–Crippen MR) is 66.9 cm³/mol. The van der Waals surface area contributed by atoms with Crippen LogP contribution in [0.1, 0.15) is 18.9 Å². The third-order valence-electron chi connectivity index (χ3n) is 2.15. The lowest BCUT2D eigenvalue weighted by atomic mass is 10.2. The number of nitrogens with zero attached hydrogens (tertiary/aromatic N) is 1. The Balaban J connectivity index is 2.14. The fourth-order valence-electron chi connectivity index (χ4n) is 1.19. The monoisotopic (exact) mass is 231 g/mol. The average Bonchev–Trinajstić information content (AvgIpc) is 2.34. The van der Waals surface area contributed by atoms with Crippen molar-refractivity contribution in [2.45, 2.75) is 13.3 Å². The average molecular weight is 231 g/mol. The lowest BCUT2D eigenvalue weighted by Gasteiger charge is -2.07. The second kappa shape index (κ2) is 7.48. The molecule has 0 radical (unpaired) electrons. The summed E-state index contributed by atoms with van der Waals surface area (Å²) >= 11 is 0. The minimum Gasteiger partial charge on any atom is -0.491 e. The van der Waals surface area contributed by atoms with Gasteiger partial charge >= 0.3 is 0 Å².